The Morgan fingerprint density at radius 2 is 2.04 bits per heavy atom. The van der Waals surface area contributed by atoms with E-state index in [0.717, 1.165) is 5.56 Å². The van der Waals surface area contributed by atoms with E-state index >= 15 is 0 Å². The largest absolute Gasteiger partial charge is 0.489 e. The number of hydrazone groups is 1. The summed E-state index contributed by atoms with van der Waals surface area (Å²) in [5.74, 6) is 0.787. The molecule has 0 saturated heterocycles. The molecule has 134 valence electrons. The maximum absolute atomic E-state index is 12.0. The smallest absolute Gasteiger partial charge is 0.274 e. The van der Waals surface area contributed by atoms with E-state index in [2.05, 4.69) is 25.7 Å². The Hall–Kier alpha value is -2.41. The van der Waals surface area contributed by atoms with Gasteiger partial charge in [0.2, 0.25) is 5.95 Å². The van der Waals surface area contributed by atoms with Crippen molar-refractivity contribution in [2.45, 2.75) is 46.1 Å². The lowest BCUT2D eigenvalue weighted by Gasteiger charge is -2.15. The fourth-order valence-electron chi connectivity index (χ4n) is 1.99. The van der Waals surface area contributed by atoms with E-state index in [1.54, 1.807) is 18.3 Å². The Morgan fingerprint density at radius 3 is 2.60 bits per heavy atom. The molecule has 0 atom stereocenters. The van der Waals surface area contributed by atoms with E-state index in [4.69, 9.17) is 16.3 Å². The van der Waals surface area contributed by atoms with Crippen LogP contribution in [0, 0.1) is 0 Å². The molecule has 8 heteroatoms. The summed E-state index contributed by atoms with van der Waals surface area (Å²) in [6.45, 7) is 9.56. The minimum atomic E-state index is -0.376. The van der Waals surface area contributed by atoms with Crippen molar-refractivity contribution < 1.29 is 4.74 Å². The molecule has 2 N–H and O–H groups in total. The second-order valence-electron chi connectivity index (χ2n) is 6.83. The highest BCUT2D eigenvalue weighted by atomic mass is 35.5. The zero-order valence-electron chi connectivity index (χ0n) is 14.9. The highest BCUT2D eigenvalue weighted by Crippen LogP contribution is 2.25. The molecule has 0 aliphatic carbocycles. The monoisotopic (exact) mass is 363 g/mol. The fourth-order valence-corrected chi connectivity index (χ4v) is 2.23. The van der Waals surface area contributed by atoms with Crippen LogP contribution in [-0.4, -0.2) is 27.5 Å². The number of benzene rings is 1. The van der Waals surface area contributed by atoms with Crippen molar-refractivity contribution >= 4 is 23.8 Å². The van der Waals surface area contributed by atoms with Gasteiger partial charge in [0.1, 0.15) is 11.4 Å². The predicted octanol–water partition coefficient (Wildman–Crippen LogP) is 3.35. The number of hydrogen-bond donors (Lipinski definition) is 2. The second kappa shape index (κ2) is 7.65. The molecule has 1 aromatic heterocycles. The fraction of sp³-hybridized carbons (Fsp3) is 0.412. The number of hydrogen-bond acceptors (Lipinski definition) is 6. The van der Waals surface area contributed by atoms with E-state index in [9.17, 15) is 4.79 Å². The number of anilines is 1. The molecule has 7 nitrogen and oxygen atoms in total. The zero-order valence-corrected chi connectivity index (χ0v) is 15.7. The minimum absolute atomic E-state index is 0.0464. The lowest BCUT2D eigenvalue weighted by molar-refractivity contribution is 0.242. The molecule has 25 heavy (non-hydrogen) atoms. The van der Waals surface area contributed by atoms with E-state index in [0.29, 0.717) is 16.5 Å². The molecular formula is C17H22ClN5O2. The molecule has 0 radical (unpaired) electrons. The van der Waals surface area contributed by atoms with Gasteiger partial charge in [-0.05, 0) is 37.6 Å². The summed E-state index contributed by atoms with van der Waals surface area (Å²) in [5, 5.41) is 12.4. The first kappa shape index (κ1) is 18.9. The van der Waals surface area contributed by atoms with Crippen LogP contribution in [0.4, 0.5) is 5.95 Å². The molecule has 0 fully saturated rings. The van der Waals surface area contributed by atoms with E-state index in [-0.39, 0.29) is 23.0 Å². The van der Waals surface area contributed by atoms with Crippen molar-refractivity contribution in [2.75, 3.05) is 5.43 Å². The Balaban J connectivity index is 2.07. The predicted molar refractivity (Wildman–Crippen MR) is 99.8 cm³/mol. The third kappa shape index (κ3) is 5.29. The minimum Gasteiger partial charge on any atom is -0.489 e. The first-order chi connectivity index (χ1) is 11.7. The summed E-state index contributed by atoms with van der Waals surface area (Å²) in [4.78, 5) is 14.6. The highest BCUT2D eigenvalue weighted by Gasteiger charge is 2.20. The summed E-state index contributed by atoms with van der Waals surface area (Å²) < 4.78 is 5.58. The third-order valence-corrected chi connectivity index (χ3v) is 3.41. The van der Waals surface area contributed by atoms with Crippen molar-refractivity contribution in [3.63, 3.8) is 0 Å². The lowest BCUT2D eigenvalue weighted by Crippen LogP contribution is -2.28. The van der Waals surface area contributed by atoms with Crippen LogP contribution in [-0.2, 0) is 5.41 Å². The lowest BCUT2D eigenvalue weighted by atomic mass is 9.93. The number of ether oxygens (including phenoxy) is 1. The number of aromatic amines is 1. The molecule has 0 aliphatic heterocycles. The van der Waals surface area contributed by atoms with Gasteiger partial charge in [-0.2, -0.15) is 5.10 Å². The number of nitrogens with zero attached hydrogens (tertiary/aromatic N) is 3. The van der Waals surface area contributed by atoms with E-state index in [1.807, 2.05) is 40.7 Å². The number of halogens is 1. The molecule has 0 aliphatic rings. The normalized spacial score (nSPS) is 12.0. The van der Waals surface area contributed by atoms with Crippen LogP contribution in [0.15, 0.2) is 28.1 Å². The first-order valence-electron chi connectivity index (χ1n) is 7.89. The van der Waals surface area contributed by atoms with Crippen LogP contribution in [0.1, 0.15) is 45.9 Å². The van der Waals surface area contributed by atoms with Crippen LogP contribution < -0.4 is 15.7 Å². The summed E-state index contributed by atoms with van der Waals surface area (Å²) in [7, 11) is 0. The molecule has 2 aromatic rings. The Labute approximate surface area is 151 Å². The molecule has 1 aromatic carbocycles. The molecule has 2 rings (SSSR count). The summed E-state index contributed by atoms with van der Waals surface area (Å²) in [6, 6.07) is 5.34. The van der Waals surface area contributed by atoms with Crippen LogP contribution in [0.3, 0.4) is 0 Å². The molecule has 0 saturated carbocycles. The zero-order chi connectivity index (χ0) is 18.6. The van der Waals surface area contributed by atoms with Crippen molar-refractivity contribution in [3.05, 3.63) is 44.8 Å². The van der Waals surface area contributed by atoms with Gasteiger partial charge >= 0.3 is 0 Å². The SMILES string of the molecule is CC(C)Oc1ccc(/C=N/Nc2nnc(C(C)(C)C)c(=O)[nH]2)cc1Cl. The molecule has 1 heterocycles. The topological polar surface area (TPSA) is 92.3 Å². The van der Waals surface area contributed by atoms with Gasteiger partial charge < -0.3 is 4.74 Å². The standard InChI is InChI=1S/C17H22ClN5O2/c1-10(2)25-13-7-6-11(8-12(13)18)9-19-22-16-20-15(24)14(21-23-16)17(3,4)5/h6-10H,1-5H3,(H2,20,22,23,24)/b19-9+. The van der Waals surface area contributed by atoms with Crippen molar-refractivity contribution in [3.8, 4) is 5.75 Å². The van der Waals surface area contributed by atoms with Crippen molar-refractivity contribution in [2.24, 2.45) is 5.10 Å². The Bertz CT molecular complexity index is 825. The summed E-state index contributed by atoms with van der Waals surface area (Å²) in [6.07, 6.45) is 1.60. The second-order valence-corrected chi connectivity index (χ2v) is 7.24. The van der Waals surface area contributed by atoms with Crippen LogP contribution in [0.25, 0.3) is 0 Å². The third-order valence-electron chi connectivity index (χ3n) is 3.11. The maximum atomic E-state index is 12.0. The number of nitrogens with one attached hydrogen (secondary N) is 2. The van der Waals surface area contributed by atoms with Crippen LogP contribution in [0.2, 0.25) is 5.02 Å². The molecule has 0 bridgehead atoms. The van der Waals surface area contributed by atoms with Gasteiger partial charge in [-0.3, -0.25) is 9.78 Å². The van der Waals surface area contributed by atoms with Gasteiger partial charge in [0.25, 0.3) is 5.56 Å². The summed E-state index contributed by atoms with van der Waals surface area (Å²) >= 11 is 6.17. The van der Waals surface area contributed by atoms with Gasteiger partial charge in [0, 0.05) is 5.41 Å². The van der Waals surface area contributed by atoms with Crippen molar-refractivity contribution in [1.29, 1.82) is 0 Å². The average Bonchev–Trinajstić information content (AvgIpc) is 2.48. The van der Waals surface area contributed by atoms with Gasteiger partial charge in [0.05, 0.1) is 17.3 Å². The number of H-pyrrole nitrogens is 1. The Kier molecular flexibility index (Phi) is 5.79. The molecular weight excluding hydrogens is 342 g/mol. The maximum Gasteiger partial charge on any atom is 0.274 e. The van der Waals surface area contributed by atoms with Gasteiger partial charge in [-0.15, -0.1) is 10.2 Å². The summed E-state index contributed by atoms with van der Waals surface area (Å²) in [5.41, 5.74) is 3.12. The molecule has 0 spiro atoms. The highest BCUT2D eigenvalue weighted by molar-refractivity contribution is 6.32. The van der Waals surface area contributed by atoms with E-state index in [1.165, 1.54) is 0 Å². The molecule has 0 amide bonds. The number of aromatic nitrogens is 3. The average molecular weight is 364 g/mol. The van der Waals surface area contributed by atoms with Crippen molar-refractivity contribution in [1.82, 2.24) is 15.2 Å². The quantitative estimate of drug-likeness (QED) is 0.627. The van der Waals surface area contributed by atoms with Crippen LogP contribution in [0.5, 0.6) is 5.75 Å². The number of rotatable bonds is 5. The van der Waals surface area contributed by atoms with Crippen LogP contribution >= 0.6 is 11.6 Å². The van der Waals surface area contributed by atoms with Gasteiger partial charge in [-0.1, -0.05) is 32.4 Å². The first-order valence-corrected chi connectivity index (χ1v) is 8.27. The van der Waals surface area contributed by atoms with Gasteiger partial charge in [0.15, 0.2) is 0 Å². The van der Waals surface area contributed by atoms with Gasteiger partial charge in [-0.25, -0.2) is 5.43 Å². The molecule has 0 unspecified atom stereocenters. The Morgan fingerprint density at radius 1 is 1.32 bits per heavy atom. The van der Waals surface area contributed by atoms with E-state index < -0.39 is 0 Å².